The van der Waals surface area contributed by atoms with Crippen LogP contribution in [0.3, 0.4) is 0 Å². The van der Waals surface area contributed by atoms with Crippen molar-refractivity contribution < 1.29 is 0 Å². The van der Waals surface area contributed by atoms with E-state index >= 15 is 0 Å². The van der Waals surface area contributed by atoms with Crippen LogP contribution in [0.5, 0.6) is 0 Å². The van der Waals surface area contributed by atoms with Crippen LogP contribution in [0.15, 0.2) is 79.3 Å². The maximum Gasteiger partial charge on any atom is 0.170 e. The van der Waals surface area contributed by atoms with Gasteiger partial charge in [-0.1, -0.05) is 54.6 Å². The molecule has 0 radical (unpaired) electrons. The molecular weight excluding hydrogens is 358 g/mol. The fourth-order valence-corrected chi connectivity index (χ4v) is 3.64. The zero-order chi connectivity index (χ0) is 20.0. The van der Waals surface area contributed by atoms with Gasteiger partial charge in [0.15, 0.2) is 5.65 Å². The summed E-state index contributed by atoms with van der Waals surface area (Å²) in [7, 11) is 0. The number of hydrogen-bond acceptors (Lipinski definition) is 4. The molecule has 0 bridgehead atoms. The smallest absolute Gasteiger partial charge is 0.170 e. The molecule has 5 rings (SSSR count). The maximum atomic E-state index is 6.25. The lowest BCUT2D eigenvalue weighted by Gasteiger charge is -2.19. The van der Waals surface area contributed by atoms with Gasteiger partial charge >= 0.3 is 0 Å². The summed E-state index contributed by atoms with van der Waals surface area (Å²) >= 11 is 0. The van der Waals surface area contributed by atoms with Crippen LogP contribution in [0.1, 0.15) is 19.4 Å². The number of benzene rings is 2. The minimum absolute atomic E-state index is 0.378. The minimum Gasteiger partial charge on any atom is -0.322 e. The molecule has 0 aliphatic carbocycles. The minimum atomic E-state index is -0.378. The summed E-state index contributed by atoms with van der Waals surface area (Å²) in [6.45, 7) is 4.02. The number of nitrogens with two attached hydrogens (primary N) is 1. The summed E-state index contributed by atoms with van der Waals surface area (Å²) in [5.74, 6) is 0. The average Bonchev–Trinajstić information content (AvgIpc) is 3.22. The van der Waals surface area contributed by atoms with Gasteiger partial charge in [-0.25, -0.2) is 4.98 Å². The normalized spacial score (nSPS) is 12.0. The first-order valence-electron chi connectivity index (χ1n) is 9.59. The van der Waals surface area contributed by atoms with Crippen molar-refractivity contribution in [3.63, 3.8) is 0 Å². The molecule has 29 heavy (non-hydrogen) atoms. The van der Waals surface area contributed by atoms with Crippen LogP contribution < -0.4 is 5.73 Å². The summed E-state index contributed by atoms with van der Waals surface area (Å²) in [6, 6.07) is 22.8. The van der Waals surface area contributed by atoms with E-state index < -0.39 is 0 Å². The van der Waals surface area contributed by atoms with Crippen LogP contribution in [0.2, 0.25) is 0 Å². The van der Waals surface area contributed by atoms with E-state index in [1.807, 2.05) is 48.7 Å². The van der Waals surface area contributed by atoms with Crippen LogP contribution in [0.4, 0.5) is 0 Å². The summed E-state index contributed by atoms with van der Waals surface area (Å²) in [5.41, 5.74) is 12.8. The number of hydrogen-bond donors (Lipinski definition) is 1. The van der Waals surface area contributed by atoms with Crippen molar-refractivity contribution in [2.24, 2.45) is 5.73 Å². The van der Waals surface area contributed by atoms with E-state index in [4.69, 9.17) is 10.7 Å². The molecule has 0 aliphatic heterocycles. The Hall–Kier alpha value is -3.57. The molecule has 0 spiro atoms. The lowest BCUT2D eigenvalue weighted by Crippen LogP contribution is -2.28. The third-order valence-electron chi connectivity index (χ3n) is 5.25. The molecule has 2 N–H and O–H groups in total. The zero-order valence-corrected chi connectivity index (χ0v) is 16.4. The van der Waals surface area contributed by atoms with Crippen LogP contribution >= 0.6 is 0 Å². The standard InChI is InChI=1S/C24H21N5/c1-24(2,25)18-10-8-17(9-11-18)22-19(16-6-4-3-5-7-16)14-20-21(27-22)12-13-29-15-26-28-23(20)29/h3-15H,25H2,1-2H3. The van der Waals surface area contributed by atoms with Crippen LogP contribution in [-0.4, -0.2) is 19.6 Å². The molecule has 0 saturated heterocycles. The Labute approximate surface area is 168 Å². The highest BCUT2D eigenvalue weighted by Gasteiger charge is 2.16. The largest absolute Gasteiger partial charge is 0.322 e. The fraction of sp³-hybridized carbons (Fsp3) is 0.125. The first kappa shape index (κ1) is 17.5. The highest BCUT2D eigenvalue weighted by molar-refractivity contribution is 5.98. The highest BCUT2D eigenvalue weighted by Crippen LogP contribution is 2.34. The SMILES string of the molecule is CC(C)(N)c1ccc(-c2nc3ccn4cnnc4c3cc2-c2ccccc2)cc1. The van der Waals surface area contributed by atoms with E-state index in [1.54, 1.807) is 6.33 Å². The van der Waals surface area contributed by atoms with E-state index in [-0.39, 0.29) is 5.54 Å². The third kappa shape index (κ3) is 3.05. The molecule has 2 aromatic carbocycles. The van der Waals surface area contributed by atoms with Gasteiger partial charge < -0.3 is 5.73 Å². The summed E-state index contributed by atoms with van der Waals surface area (Å²) in [5, 5.41) is 9.30. The Morgan fingerprint density at radius 3 is 2.38 bits per heavy atom. The molecule has 0 aliphatic rings. The Kier molecular flexibility index (Phi) is 3.93. The van der Waals surface area contributed by atoms with E-state index in [2.05, 4.69) is 52.7 Å². The Balaban J connectivity index is 1.78. The second-order valence-corrected chi connectivity index (χ2v) is 7.86. The monoisotopic (exact) mass is 379 g/mol. The molecule has 3 aromatic heterocycles. The molecule has 3 heterocycles. The van der Waals surface area contributed by atoms with Crippen molar-refractivity contribution in [3.05, 3.63) is 84.8 Å². The third-order valence-corrected chi connectivity index (χ3v) is 5.25. The first-order valence-corrected chi connectivity index (χ1v) is 9.59. The van der Waals surface area contributed by atoms with Crippen molar-refractivity contribution in [2.45, 2.75) is 19.4 Å². The maximum absolute atomic E-state index is 6.25. The van der Waals surface area contributed by atoms with Crippen molar-refractivity contribution >= 4 is 16.6 Å². The molecule has 0 saturated carbocycles. The van der Waals surface area contributed by atoms with Crippen molar-refractivity contribution in [3.8, 4) is 22.4 Å². The number of pyridine rings is 2. The number of nitrogens with zero attached hydrogens (tertiary/aromatic N) is 4. The van der Waals surface area contributed by atoms with Crippen molar-refractivity contribution in [1.29, 1.82) is 0 Å². The lowest BCUT2D eigenvalue weighted by atomic mass is 9.92. The summed E-state index contributed by atoms with van der Waals surface area (Å²) in [4.78, 5) is 5.03. The molecule has 5 nitrogen and oxygen atoms in total. The van der Waals surface area contributed by atoms with Gasteiger partial charge in [0.2, 0.25) is 0 Å². The Morgan fingerprint density at radius 2 is 1.66 bits per heavy atom. The zero-order valence-electron chi connectivity index (χ0n) is 16.4. The second-order valence-electron chi connectivity index (χ2n) is 7.86. The van der Waals surface area contributed by atoms with E-state index in [0.717, 1.165) is 44.5 Å². The number of aromatic nitrogens is 4. The van der Waals surface area contributed by atoms with Gasteiger partial charge in [-0.3, -0.25) is 4.40 Å². The van der Waals surface area contributed by atoms with E-state index in [0.29, 0.717) is 0 Å². The number of fused-ring (bicyclic) bond motifs is 3. The second kappa shape index (κ2) is 6.50. The predicted octanol–water partition coefficient (Wildman–Crippen LogP) is 4.81. The van der Waals surface area contributed by atoms with Gasteiger partial charge in [-0.2, -0.15) is 0 Å². The Bertz CT molecular complexity index is 1310. The average molecular weight is 379 g/mol. The molecular formula is C24H21N5. The number of rotatable bonds is 3. The molecule has 142 valence electrons. The quantitative estimate of drug-likeness (QED) is 0.489. The molecule has 5 aromatic rings. The lowest BCUT2D eigenvalue weighted by molar-refractivity contribution is 0.554. The highest BCUT2D eigenvalue weighted by atomic mass is 15.2. The Morgan fingerprint density at radius 1 is 0.897 bits per heavy atom. The molecule has 5 heteroatoms. The molecule has 0 atom stereocenters. The summed E-state index contributed by atoms with van der Waals surface area (Å²) in [6.07, 6.45) is 3.65. The van der Waals surface area contributed by atoms with Gasteiger partial charge in [0.1, 0.15) is 6.33 Å². The van der Waals surface area contributed by atoms with Gasteiger partial charge in [0, 0.05) is 28.2 Å². The van der Waals surface area contributed by atoms with E-state index in [9.17, 15) is 0 Å². The van der Waals surface area contributed by atoms with Gasteiger partial charge in [-0.05, 0) is 37.1 Å². The topological polar surface area (TPSA) is 69.1 Å². The fourth-order valence-electron chi connectivity index (χ4n) is 3.64. The van der Waals surface area contributed by atoms with Crippen LogP contribution in [0.25, 0.3) is 38.9 Å². The molecule has 0 unspecified atom stereocenters. The van der Waals surface area contributed by atoms with Crippen molar-refractivity contribution in [1.82, 2.24) is 19.6 Å². The summed E-state index contributed by atoms with van der Waals surface area (Å²) < 4.78 is 1.91. The van der Waals surface area contributed by atoms with Gasteiger partial charge in [-0.15, -0.1) is 10.2 Å². The van der Waals surface area contributed by atoms with Crippen LogP contribution in [0, 0.1) is 0 Å². The van der Waals surface area contributed by atoms with Crippen LogP contribution in [-0.2, 0) is 5.54 Å². The first-order chi connectivity index (χ1) is 14.0. The van der Waals surface area contributed by atoms with Crippen molar-refractivity contribution in [2.75, 3.05) is 0 Å². The predicted molar refractivity (Wildman–Crippen MR) is 116 cm³/mol. The van der Waals surface area contributed by atoms with E-state index in [1.165, 1.54) is 0 Å². The van der Waals surface area contributed by atoms with Gasteiger partial charge in [0.25, 0.3) is 0 Å². The molecule has 0 amide bonds. The van der Waals surface area contributed by atoms with Gasteiger partial charge in [0.05, 0.1) is 11.2 Å². The molecule has 0 fully saturated rings.